The maximum Gasteiger partial charge on any atom is 0.270 e. The van der Waals surface area contributed by atoms with E-state index in [1.54, 1.807) is 0 Å². The van der Waals surface area contributed by atoms with Crippen molar-refractivity contribution in [2.45, 2.75) is 13.1 Å². The topological polar surface area (TPSA) is 119 Å². The lowest BCUT2D eigenvalue weighted by molar-refractivity contribution is -0.384. The Morgan fingerprint density at radius 1 is 0.914 bits per heavy atom. The summed E-state index contributed by atoms with van der Waals surface area (Å²) in [6, 6.07) is 25.0. The summed E-state index contributed by atoms with van der Waals surface area (Å²) in [6.45, 7) is 0.554. The summed E-state index contributed by atoms with van der Waals surface area (Å²) in [4.78, 5) is 35.0. The first-order valence-electron chi connectivity index (χ1n) is 10.9. The second-order valence-corrected chi connectivity index (χ2v) is 7.82. The average Bonchev–Trinajstić information content (AvgIpc) is 3.29. The summed E-state index contributed by atoms with van der Waals surface area (Å²) >= 11 is 0. The molecule has 0 radical (unpaired) electrons. The van der Waals surface area contributed by atoms with Crippen LogP contribution in [0.2, 0.25) is 0 Å². The predicted octanol–water partition coefficient (Wildman–Crippen LogP) is 3.55. The molecular formula is C26H23N5O4. The Kier molecular flexibility index (Phi) is 7.27. The van der Waals surface area contributed by atoms with Crippen molar-refractivity contribution in [2.24, 2.45) is 0 Å². The second kappa shape index (κ2) is 10.9. The van der Waals surface area contributed by atoms with Gasteiger partial charge in [-0.25, -0.2) is 0 Å². The molecule has 2 amide bonds. The van der Waals surface area contributed by atoms with Gasteiger partial charge in [-0.15, -0.1) is 0 Å². The molecule has 0 bridgehead atoms. The Hall–Kier alpha value is -4.79. The maximum absolute atomic E-state index is 12.4. The van der Waals surface area contributed by atoms with E-state index in [2.05, 4.69) is 10.6 Å². The minimum absolute atomic E-state index is 0.112. The van der Waals surface area contributed by atoms with Crippen LogP contribution in [0.1, 0.15) is 21.5 Å². The van der Waals surface area contributed by atoms with Gasteiger partial charge in [0.1, 0.15) is 0 Å². The zero-order valence-electron chi connectivity index (χ0n) is 18.8. The molecule has 4 rings (SSSR count). The standard InChI is InChI=1S/C26H23N5O4/c32-24(16-28-26(33)21-12-7-13-23(14-21)31(34)35)27-15-22-18-30(17-19-8-3-1-4-9-19)29-25(22)20-10-5-2-6-11-20/h1-14,18H,15-17H2,(H,27,32)(H,28,33). The summed E-state index contributed by atoms with van der Waals surface area (Å²) in [5, 5.41) is 20.9. The summed E-state index contributed by atoms with van der Waals surface area (Å²) in [5.74, 6) is -0.955. The van der Waals surface area contributed by atoms with Gasteiger partial charge in [0, 0.05) is 41.6 Å². The zero-order valence-corrected chi connectivity index (χ0v) is 18.8. The van der Waals surface area contributed by atoms with Crippen LogP contribution >= 0.6 is 0 Å². The minimum atomic E-state index is -0.578. The molecule has 176 valence electrons. The number of hydrogen-bond donors (Lipinski definition) is 2. The van der Waals surface area contributed by atoms with Crippen molar-refractivity contribution < 1.29 is 14.5 Å². The highest BCUT2D eigenvalue weighted by Gasteiger charge is 2.15. The van der Waals surface area contributed by atoms with E-state index in [9.17, 15) is 19.7 Å². The molecule has 0 aliphatic heterocycles. The van der Waals surface area contributed by atoms with Crippen molar-refractivity contribution in [1.29, 1.82) is 0 Å². The Bertz CT molecular complexity index is 1340. The lowest BCUT2D eigenvalue weighted by atomic mass is 10.1. The van der Waals surface area contributed by atoms with Crippen LogP contribution in [-0.4, -0.2) is 33.1 Å². The molecule has 0 unspecified atom stereocenters. The van der Waals surface area contributed by atoms with Crippen LogP contribution in [0.4, 0.5) is 5.69 Å². The van der Waals surface area contributed by atoms with Crippen LogP contribution in [0.5, 0.6) is 0 Å². The van der Waals surface area contributed by atoms with E-state index in [1.807, 2.05) is 71.5 Å². The van der Waals surface area contributed by atoms with Crippen LogP contribution in [0.3, 0.4) is 0 Å². The highest BCUT2D eigenvalue weighted by Crippen LogP contribution is 2.22. The average molecular weight is 470 g/mol. The maximum atomic E-state index is 12.4. The molecule has 1 heterocycles. The van der Waals surface area contributed by atoms with Crippen LogP contribution < -0.4 is 10.6 Å². The van der Waals surface area contributed by atoms with Gasteiger partial charge in [-0.3, -0.25) is 24.4 Å². The van der Waals surface area contributed by atoms with Gasteiger partial charge in [0.25, 0.3) is 11.6 Å². The van der Waals surface area contributed by atoms with E-state index < -0.39 is 16.7 Å². The molecular weight excluding hydrogens is 446 g/mol. The number of hydrogen-bond acceptors (Lipinski definition) is 5. The first-order valence-corrected chi connectivity index (χ1v) is 10.9. The fraction of sp³-hybridized carbons (Fsp3) is 0.115. The van der Waals surface area contributed by atoms with Gasteiger partial charge in [-0.05, 0) is 11.6 Å². The van der Waals surface area contributed by atoms with Gasteiger partial charge < -0.3 is 10.6 Å². The van der Waals surface area contributed by atoms with E-state index in [1.165, 1.54) is 24.3 Å². The van der Waals surface area contributed by atoms with Crippen LogP contribution in [0.15, 0.2) is 91.1 Å². The molecule has 2 N–H and O–H groups in total. The van der Waals surface area contributed by atoms with E-state index >= 15 is 0 Å². The molecule has 0 saturated carbocycles. The normalized spacial score (nSPS) is 10.5. The number of nitro benzene ring substituents is 1. The first kappa shape index (κ1) is 23.4. The third-order valence-corrected chi connectivity index (χ3v) is 5.28. The van der Waals surface area contributed by atoms with Crippen LogP contribution in [-0.2, 0) is 17.9 Å². The Morgan fingerprint density at radius 3 is 2.34 bits per heavy atom. The highest BCUT2D eigenvalue weighted by molar-refractivity contribution is 5.96. The Balaban J connectivity index is 1.40. The smallest absolute Gasteiger partial charge is 0.270 e. The lowest BCUT2D eigenvalue weighted by Gasteiger charge is -2.07. The van der Waals surface area contributed by atoms with Crippen molar-refractivity contribution in [2.75, 3.05) is 6.54 Å². The fourth-order valence-electron chi connectivity index (χ4n) is 3.56. The fourth-order valence-corrected chi connectivity index (χ4v) is 3.56. The third-order valence-electron chi connectivity index (χ3n) is 5.28. The number of amides is 2. The number of carbonyl (C=O) groups is 2. The van der Waals surface area contributed by atoms with Gasteiger partial charge in [0.05, 0.1) is 23.7 Å². The Labute approximate surface area is 201 Å². The van der Waals surface area contributed by atoms with Crippen molar-refractivity contribution >= 4 is 17.5 Å². The highest BCUT2D eigenvalue weighted by atomic mass is 16.6. The number of aromatic nitrogens is 2. The van der Waals surface area contributed by atoms with Gasteiger partial charge in [-0.2, -0.15) is 5.10 Å². The zero-order chi connectivity index (χ0) is 24.6. The monoisotopic (exact) mass is 469 g/mol. The number of benzene rings is 3. The first-order chi connectivity index (χ1) is 17.0. The van der Waals surface area contributed by atoms with Crippen molar-refractivity contribution in [3.8, 4) is 11.3 Å². The summed E-state index contributed by atoms with van der Waals surface area (Å²) in [5.41, 5.74) is 3.56. The van der Waals surface area contributed by atoms with E-state index in [0.29, 0.717) is 6.54 Å². The molecule has 4 aromatic rings. The SMILES string of the molecule is O=C(CNC(=O)c1cccc([N+](=O)[O-])c1)NCc1cn(Cc2ccccc2)nc1-c1ccccc1. The number of carbonyl (C=O) groups excluding carboxylic acids is 2. The number of nitrogens with zero attached hydrogens (tertiary/aromatic N) is 3. The number of nitrogens with one attached hydrogen (secondary N) is 2. The van der Waals surface area contributed by atoms with Crippen molar-refractivity contribution in [3.05, 3.63) is 118 Å². The third kappa shape index (κ3) is 6.17. The van der Waals surface area contributed by atoms with E-state index in [-0.39, 0.29) is 24.3 Å². The second-order valence-electron chi connectivity index (χ2n) is 7.82. The van der Waals surface area contributed by atoms with Gasteiger partial charge in [0.2, 0.25) is 5.91 Å². The van der Waals surface area contributed by atoms with E-state index in [4.69, 9.17) is 5.10 Å². The molecule has 0 aliphatic carbocycles. The summed E-state index contributed by atoms with van der Waals surface area (Å²) in [7, 11) is 0. The minimum Gasteiger partial charge on any atom is -0.350 e. The van der Waals surface area contributed by atoms with Crippen molar-refractivity contribution in [3.63, 3.8) is 0 Å². The summed E-state index contributed by atoms with van der Waals surface area (Å²) < 4.78 is 1.84. The summed E-state index contributed by atoms with van der Waals surface area (Å²) in [6.07, 6.45) is 1.90. The molecule has 0 saturated heterocycles. The van der Waals surface area contributed by atoms with Gasteiger partial charge in [-0.1, -0.05) is 66.7 Å². The van der Waals surface area contributed by atoms with Crippen molar-refractivity contribution in [1.82, 2.24) is 20.4 Å². The number of rotatable bonds is 9. The molecule has 9 heteroatoms. The van der Waals surface area contributed by atoms with Gasteiger partial charge >= 0.3 is 0 Å². The van der Waals surface area contributed by atoms with Gasteiger partial charge in [0.15, 0.2) is 0 Å². The molecule has 3 aromatic carbocycles. The predicted molar refractivity (Wildman–Crippen MR) is 130 cm³/mol. The molecule has 0 spiro atoms. The number of nitro groups is 1. The molecule has 9 nitrogen and oxygen atoms in total. The van der Waals surface area contributed by atoms with Crippen LogP contribution in [0.25, 0.3) is 11.3 Å². The molecule has 0 fully saturated rings. The molecule has 0 aliphatic rings. The molecule has 1 aromatic heterocycles. The molecule has 0 atom stereocenters. The molecule has 35 heavy (non-hydrogen) atoms. The van der Waals surface area contributed by atoms with Crippen LogP contribution in [0, 0.1) is 10.1 Å². The number of non-ortho nitro benzene ring substituents is 1. The van der Waals surface area contributed by atoms with E-state index in [0.717, 1.165) is 22.4 Å². The largest absolute Gasteiger partial charge is 0.350 e. The Morgan fingerprint density at radius 2 is 1.63 bits per heavy atom. The lowest BCUT2D eigenvalue weighted by Crippen LogP contribution is -2.36. The quantitative estimate of drug-likeness (QED) is 0.287.